The van der Waals surface area contributed by atoms with Crippen LogP contribution in [0.1, 0.15) is 45.8 Å². The minimum Gasteiger partial charge on any atom is -0.393 e. The highest BCUT2D eigenvalue weighted by Gasteiger charge is 2.42. The van der Waals surface area contributed by atoms with Crippen molar-refractivity contribution in [1.29, 1.82) is 0 Å². The second-order valence-electron chi connectivity index (χ2n) is 7.81. The Morgan fingerprint density at radius 3 is 2.63 bits per heavy atom. The number of carbonyl (C=O) groups is 2. The van der Waals surface area contributed by atoms with Gasteiger partial charge in [0.15, 0.2) is 0 Å². The van der Waals surface area contributed by atoms with E-state index in [0.29, 0.717) is 32.5 Å². The standard InChI is InChI=1S/C19H27N3O4S/c20-17(24)12-21-8-4-19(5-9-21)14-11-16(27-15(14)3-10-26-19)18(25)22-6-1-13(23)2-7-22/h11,13,23H,1-10,12H2,(H2,20,24). The van der Waals surface area contributed by atoms with E-state index in [1.165, 1.54) is 4.88 Å². The van der Waals surface area contributed by atoms with Crippen LogP contribution >= 0.6 is 11.3 Å². The fourth-order valence-corrected chi connectivity index (χ4v) is 5.65. The van der Waals surface area contributed by atoms with Gasteiger partial charge in [-0.25, -0.2) is 0 Å². The van der Waals surface area contributed by atoms with Crippen LogP contribution in [0.4, 0.5) is 0 Å². The molecule has 4 rings (SSSR count). The van der Waals surface area contributed by atoms with E-state index in [0.717, 1.165) is 42.8 Å². The van der Waals surface area contributed by atoms with Gasteiger partial charge in [0.1, 0.15) is 0 Å². The van der Waals surface area contributed by atoms with E-state index in [1.807, 2.05) is 11.0 Å². The number of nitrogens with two attached hydrogens (primary N) is 1. The summed E-state index contributed by atoms with van der Waals surface area (Å²) in [6.45, 7) is 3.74. The Kier molecular flexibility index (Phi) is 5.24. The molecule has 0 saturated carbocycles. The maximum Gasteiger partial charge on any atom is 0.263 e. The van der Waals surface area contributed by atoms with E-state index in [9.17, 15) is 14.7 Å². The van der Waals surface area contributed by atoms with Crippen molar-refractivity contribution >= 4 is 23.2 Å². The highest BCUT2D eigenvalue weighted by molar-refractivity contribution is 7.14. The Balaban J connectivity index is 1.51. The van der Waals surface area contributed by atoms with Crippen LogP contribution < -0.4 is 5.73 Å². The summed E-state index contributed by atoms with van der Waals surface area (Å²) in [6.07, 6.45) is 3.49. The Bertz CT molecular complexity index is 719. The molecular formula is C19H27N3O4S. The summed E-state index contributed by atoms with van der Waals surface area (Å²) in [5, 5.41) is 9.67. The van der Waals surface area contributed by atoms with Crippen molar-refractivity contribution in [1.82, 2.24) is 9.80 Å². The number of hydrogen-bond acceptors (Lipinski definition) is 6. The number of primary amides is 1. The molecule has 3 N–H and O–H groups in total. The van der Waals surface area contributed by atoms with Crippen molar-refractivity contribution in [3.8, 4) is 0 Å². The summed E-state index contributed by atoms with van der Waals surface area (Å²) in [6, 6.07) is 2.04. The van der Waals surface area contributed by atoms with E-state index in [2.05, 4.69) is 4.90 Å². The number of nitrogens with zero attached hydrogens (tertiary/aromatic N) is 2. The largest absolute Gasteiger partial charge is 0.393 e. The van der Waals surface area contributed by atoms with Gasteiger partial charge in [-0.15, -0.1) is 11.3 Å². The molecule has 27 heavy (non-hydrogen) atoms. The van der Waals surface area contributed by atoms with Crippen LogP contribution in [0.25, 0.3) is 0 Å². The van der Waals surface area contributed by atoms with Crippen molar-refractivity contribution in [3.05, 3.63) is 21.4 Å². The van der Waals surface area contributed by atoms with Crippen molar-refractivity contribution in [3.63, 3.8) is 0 Å². The summed E-state index contributed by atoms with van der Waals surface area (Å²) in [5.41, 5.74) is 6.14. The third kappa shape index (κ3) is 3.76. The summed E-state index contributed by atoms with van der Waals surface area (Å²) in [5.74, 6) is -0.228. The van der Waals surface area contributed by atoms with Crippen LogP contribution in [-0.4, -0.2) is 72.2 Å². The number of fused-ring (bicyclic) bond motifs is 2. The molecule has 0 radical (unpaired) electrons. The number of amides is 2. The van der Waals surface area contributed by atoms with Crippen LogP contribution in [0.3, 0.4) is 0 Å². The second-order valence-corrected chi connectivity index (χ2v) is 8.94. The lowest BCUT2D eigenvalue weighted by molar-refractivity contribution is -0.123. The third-order valence-electron chi connectivity index (χ3n) is 6.01. The molecular weight excluding hydrogens is 366 g/mol. The molecule has 7 nitrogen and oxygen atoms in total. The first-order valence-electron chi connectivity index (χ1n) is 9.72. The Morgan fingerprint density at radius 2 is 1.96 bits per heavy atom. The second kappa shape index (κ2) is 7.50. The molecule has 2 saturated heterocycles. The zero-order valence-corrected chi connectivity index (χ0v) is 16.3. The third-order valence-corrected chi connectivity index (χ3v) is 7.20. The normalized spacial score (nSPS) is 23.4. The molecule has 3 aliphatic rings. The molecule has 2 fully saturated rings. The zero-order valence-electron chi connectivity index (χ0n) is 15.5. The molecule has 148 valence electrons. The first kappa shape index (κ1) is 18.9. The van der Waals surface area contributed by atoms with Gasteiger partial charge in [0, 0.05) is 37.5 Å². The first-order valence-corrected chi connectivity index (χ1v) is 10.5. The zero-order chi connectivity index (χ0) is 19.0. The molecule has 1 spiro atoms. The Hall–Kier alpha value is -1.48. The highest BCUT2D eigenvalue weighted by Crippen LogP contribution is 2.44. The van der Waals surface area contributed by atoms with Crippen LogP contribution in [0.15, 0.2) is 6.07 Å². The quantitative estimate of drug-likeness (QED) is 0.788. The number of piperidine rings is 2. The fourth-order valence-electron chi connectivity index (χ4n) is 4.45. The van der Waals surface area contributed by atoms with Crippen molar-refractivity contribution in [2.24, 2.45) is 5.73 Å². The van der Waals surface area contributed by atoms with Crippen LogP contribution in [-0.2, 0) is 21.6 Å². The van der Waals surface area contributed by atoms with Crippen LogP contribution in [0.2, 0.25) is 0 Å². The topological polar surface area (TPSA) is 96.1 Å². The van der Waals surface area contributed by atoms with Gasteiger partial charge in [-0.2, -0.15) is 0 Å². The van der Waals surface area contributed by atoms with Gasteiger partial charge in [0.25, 0.3) is 5.91 Å². The molecule has 3 aliphatic heterocycles. The van der Waals surface area contributed by atoms with Crippen molar-refractivity contribution < 1.29 is 19.4 Å². The van der Waals surface area contributed by atoms with E-state index in [1.54, 1.807) is 11.3 Å². The predicted octanol–water partition coefficient (Wildman–Crippen LogP) is 0.694. The maximum atomic E-state index is 12.9. The lowest BCUT2D eigenvalue weighted by Crippen LogP contribution is -2.48. The summed E-state index contributed by atoms with van der Waals surface area (Å²) in [4.78, 5) is 30.1. The molecule has 4 heterocycles. The van der Waals surface area contributed by atoms with Crippen LogP contribution in [0, 0.1) is 0 Å². The molecule has 1 aromatic heterocycles. The van der Waals surface area contributed by atoms with E-state index >= 15 is 0 Å². The molecule has 0 unspecified atom stereocenters. The average molecular weight is 394 g/mol. The van der Waals surface area contributed by atoms with Gasteiger partial charge < -0.3 is 20.5 Å². The number of ether oxygens (including phenoxy) is 1. The predicted molar refractivity (Wildman–Crippen MR) is 102 cm³/mol. The molecule has 1 aromatic rings. The summed E-state index contributed by atoms with van der Waals surface area (Å²) < 4.78 is 6.24. The molecule has 0 bridgehead atoms. The van der Waals surface area contributed by atoms with E-state index in [4.69, 9.17) is 10.5 Å². The molecule has 8 heteroatoms. The van der Waals surface area contributed by atoms with Gasteiger partial charge >= 0.3 is 0 Å². The maximum absolute atomic E-state index is 12.9. The fraction of sp³-hybridized carbons (Fsp3) is 0.684. The Morgan fingerprint density at radius 1 is 1.26 bits per heavy atom. The van der Waals surface area contributed by atoms with Crippen LogP contribution in [0.5, 0.6) is 0 Å². The molecule has 0 aliphatic carbocycles. The number of thiophene rings is 1. The summed E-state index contributed by atoms with van der Waals surface area (Å²) in [7, 11) is 0. The lowest BCUT2D eigenvalue weighted by atomic mass is 9.82. The number of aliphatic hydroxyl groups excluding tert-OH is 1. The minimum atomic E-state index is -0.338. The number of hydrogen-bond donors (Lipinski definition) is 2. The number of likely N-dealkylation sites (tertiary alicyclic amines) is 2. The van der Waals surface area contributed by atoms with Gasteiger partial charge in [0.05, 0.1) is 29.7 Å². The van der Waals surface area contributed by atoms with Gasteiger partial charge in [0.2, 0.25) is 5.91 Å². The smallest absolute Gasteiger partial charge is 0.263 e. The summed E-state index contributed by atoms with van der Waals surface area (Å²) >= 11 is 1.60. The number of aliphatic hydroxyl groups is 1. The number of carbonyl (C=O) groups excluding carboxylic acids is 2. The lowest BCUT2D eigenvalue weighted by Gasteiger charge is -2.43. The minimum absolute atomic E-state index is 0.0719. The van der Waals surface area contributed by atoms with Crippen molar-refractivity contribution in [2.75, 3.05) is 39.3 Å². The average Bonchev–Trinajstić information content (AvgIpc) is 3.09. The SMILES string of the molecule is NC(=O)CN1CCC2(CC1)OCCc1sc(C(=O)N3CCC(O)CC3)cc12. The first-order chi connectivity index (χ1) is 13.0. The molecule has 0 aromatic carbocycles. The van der Waals surface area contributed by atoms with Gasteiger partial charge in [-0.05, 0) is 37.3 Å². The van der Waals surface area contributed by atoms with E-state index < -0.39 is 0 Å². The molecule has 2 amide bonds. The Labute approximate surface area is 163 Å². The number of rotatable bonds is 3. The highest BCUT2D eigenvalue weighted by atomic mass is 32.1. The van der Waals surface area contributed by atoms with Gasteiger partial charge in [-0.1, -0.05) is 0 Å². The molecule has 0 atom stereocenters. The van der Waals surface area contributed by atoms with Gasteiger partial charge in [-0.3, -0.25) is 14.5 Å². The van der Waals surface area contributed by atoms with Crippen molar-refractivity contribution in [2.45, 2.75) is 43.8 Å². The monoisotopic (exact) mass is 393 g/mol. The van der Waals surface area contributed by atoms with E-state index in [-0.39, 0.29) is 30.1 Å².